The molecule has 90 heavy (non-hydrogen) atoms. The molecule has 0 unspecified atom stereocenters. The summed E-state index contributed by atoms with van der Waals surface area (Å²) in [4.78, 5) is 26.2. The van der Waals surface area contributed by atoms with Gasteiger partial charge in [0, 0.05) is 62.1 Å². The van der Waals surface area contributed by atoms with Gasteiger partial charge in [0.25, 0.3) is 0 Å². The lowest BCUT2D eigenvalue weighted by Gasteiger charge is -2.19. The first-order valence-corrected chi connectivity index (χ1v) is 28.6. The van der Waals surface area contributed by atoms with Crippen molar-refractivity contribution in [3.8, 4) is 80.5 Å². The number of methoxy groups -OCH3 is 10. The fourth-order valence-electron chi connectivity index (χ4n) is 9.33. The molecule has 0 aliphatic heterocycles. The van der Waals surface area contributed by atoms with E-state index in [2.05, 4.69) is 10.3 Å². The summed E-state index contributed by atoms with van der Waals surface area (Å²) in [5, 5.41) is 8.93. The average molecular weight is 1240 g/mol. The quantitative estimate of drug-likeness (QED) is 0.0334. The van der Waals surface area contributed by atoms with Crippen LogP contribution < -0.4 is 66.3 Å². The minimum atomic E-state index is -0.375. The van der Waals surface area contributed by atoms with Crippen molar-refractivity contribution >= 4 is 11.9 Å². The molecule has 0 amide bonds. The van der Waals surface area contributed by atoms with Gasteiger partial charge in [0.2, 0.25) is 0 Å². The number of nitrogens with zero attached hydrogens (tertiary/aromatic N) is 4. The minimum absolute atomic E-state index is 0.0787. The van der Waals surface area contributed by atoms with Gasteiger partial charge in [0.1, 0.15) is 120 Å². The zero-order chi connectivity index (χ0) is 63.8. The molecule has 0 saturated carbocycles. The maximum absolute atomic E-state index is 12.1. The second-order valence-corrected chi connectivity index (χ2v) is 20.4. The Morgan fingerprint density at radius 3 is 0.811 bits per heavy atom. The lowest BCUT2D eigenvalue weighted by molar-refractivity contribution is -0.141. The van der Waals surface area contributed by atoms with Crippen molar-refractivity contribution in [2.75, 3.05) is 84.2 Å². The van der Waals surface area contributed by atoms with Gasteiger partial charge in [-0.15, -0.1) is 5.10 Å². The number of hydrogen-bond acceptors (Lipinski definition) is 21. The van der Waals surface area contributed by atoms with Crippen molar-refractivity contribution in [2.24, 2.45) is 0 Å². The van der Waals surface area contributed by atoms with Gasteiger partial charge in [-0.2, -0.15) is 0 Å². The molecule has 0 N–H and O–H groups in total. The van der Waals surface area contributed by atoms with Crippen LogP contribution in [0.2, 0.25) is 0 Å². The Bertz CT molecular complexity index is 3200. The smallest absolute Gasteiger partial charge is 0.306 e. The van der Waals surface area contributed by atoms with Gasteiger partial charge in [0.05, 0.1) is 102 Å². The van der Waals surface area contributed by atoms with Gasteiger partial charge in [-0.3, -0.25) is 14.5 Å². The maximum Gasteiger partial charge on any atom is 0.306 e. The van der Waals surface area contributed by atoms with Crippen LogP contribution >= 0.6 is 0 Å². The van der Waals surface area contributed by atoms with Crippen molar-refractivity contribution in [2.45, 2.75) is 65.6 Å². The molecule has 0 atom stereocenters. The number of esters is 2. The Kier molecular flexibility index (Phi) is 24.3. The maximum atomic E-state index is 12.1. The molecule has 22 heteroatoms. The molecule has 0 aliphatic rings. The highest BCUT2D eigenvalue weighted by Gasteiger charge is 2.17. The predicted molar refractivity (Wildman–Crippen MR) is 331 cm³/mol. The summed E-state index contributed by atoms with van der Waals surface area (Å²) in [5.41, 5.74) is 6.13. The summed E-state index contributed by atoms with van der Waals surface area (Å²) < 4.78 is 94.8. The lowest BCUT2D eigenvalue weighted by atomic mass is 10.1. The average Bonchev–Trinajstić information content (AvgIpc) is 2.08. The van der Waals surface area contributed by atoms with E-state index < -0.39 is 0 Å². The van der Waals surface area contributed by atoms with Crippen LogP contribution in [0, 0.1) is 0 Å². The molecular formula is C68H76N4O18. The van der Waals surface area contributed by atoms with Gasteiger partial charge in [-0.1, -0.05) is 5.21 Å². The van der Waals surface area contributed by atoms with E-state index in [-0.39, 0.29) is 71.0 Å². The summed E-state index contributed by atoms with van der Waals surface area (Å²) in [7, 11) is 15.4. The van der Waals surface area contributed by atoms with E-state index in [0.29, 0.717) is 106 Å². The molecule has 0 saturated heterocycles. The number of aromatic nitrogens is 3. The Morgan fingerprint density at radius 2 is 0.567 bits per heavy atom. The Balaban J connectivity index is 1.10. The highest BCUT2D eigenvalue weighted by atomic mass is 16.5. The fourth-order valence-corrected chi connectivity index (χ4v) is 9.33. The molecule has 476 valence electrons. The van der Waals surface area contributed by atoms with Gasteiger partial charge in [0.15, 0.2) is 0 Å². The fraction of sp³-hybridized carbons (Fsp3) is 0.324. The second kappa shape index (κ2) is 33.2. The summed E-state index contributed by atoms with van der Waals surface area (Å²) in [6.07, 6.45) is 2.05. The van der Waals surface area contributed by atoms with Crippen LogP contribution in [0.3, 0.4) is 0 Å². The van der Waals surface area contributed by atoms with Crippen molar-refractivity contribution < 1.29 is 85.4 Å². The van der Waals surface area contributed by atoms with E-state index in [9.17, 15) is 9.59 Å². The summed E-state index contributed by atoms with van der Waals surface area (Å²) in [5.74, 6) is 7.28. The molecule has 22 nitrogen and oxygen atoms in total. The van der Waals surface area contributed by atoms with Crippen molar-refractivity contribution in [3.05, 3.63) is 178 Å². The Hall–Kier alpha value is -10.2. The van der Waals surface area contributed by atoms with Crippen LogP contribution in [-0.2, 0) is 71.8 Å². The highest BCUT2D eigenvalue weighted by Crippen LogP contribution is 2.33. The summed E-state index contributed by atoms with van der Waals surface area (Å²) >= 11 is 0. The Labute approximate surface area is 523 Å². The molecule has 0 spiro atoms. The predicted octanol–water partition coefficient (Wildman–Crippen LogP) is 10.8. The van der Waals surface area contributed by atoms with E-state index in [1.807, 2.05) is 114 Å². The first-order chi connectivity index (χ1) is 43.8. The van der Waals surface area contributed by atoms with Crippen molar-refractivity contribution in [1.82, 2.24) is 19.9 Å². The highest BCUT2D eigenvalue weighted by molar-refractivity contribution is 5.70. The van der Waals surface area contributed by atoms with Crippen LogP contribution in [0.5, 0.6) is 80.5 Å². The lowest BCUT2D eigenvalue weighted by Crippen LogP contribution is -2.29. The standard InChI is InChI=1S/C68H76N4O18/c1-75-53-17-46(18-54(29-53)76-2)39-87-63-25-50(26-64(34-63)88-40-47-19-55(77-3)30-56(20-47)78-4)43-85-61-15-45(36-72-38-52(69-70-72)37-71(13-11-67(73)83-9)14-12-68(74)84-10)16-62(33-61)86-44-51-27-65(89-41-48-21-57(79-5)31-58(22-48)80-6)35-66(28-51)90-42-49-23-59(81-7)32-60(24-49)82-8/h15-35,38H,11-14,36-37,39-44H2,1-10H3. The molecule has 0 fully saturated rings. The van der Waals surface area contributed by atoms with Crippen LogP contribution in [0.25, 0.3) is 0 Å². The zero-order valence-corrected chi connectivity index (χ0v) is 52.3. The summed E-state index contributed by atoms with van der Waals surface area (Å²) in [6, 6.07) is 39.0. The van der Waals surface area contributed by atoms with E-state index >= 15 is 0 Å². The topological polar surface area (TPSA) is 216 Å². The monoisotopic (exact) mass is 1240 g/mol. The van der Waals surface area contributed by atoms with E-state index in [0.717, 1.165) is 38.9 Å². The first-order valence-electron chi connectivity index (χ1n) is 28.6. The number of hydrogen-bond donors (Lipinski definition) is 0. The number of ether oxygens (including phenoxy) is 16. The van der Waals surface area contributed by atoms with Crippen molar-refractivity contribution in [1.29, 1.82) is 0 Å². The Morgan fingerprint density at radius 1 is 0.333 bits per heavy atom. The molecule has 0 radical (unpaired) electrons. The molecular weight excluding hydrogens is 1160 g/mol. The summed E-state index contributed by atoms with van der Waals surface area (Å²) in [6.45, 7) is 2.12. The van der Waals surface area contributed by atoms with Crippen LogP contribution in [-0.4, -0.2) is 116 Å². The van der Waals surface area contributed by atoms with Gasteiger partial charge < -0.3 is 75.8 Å². The van der Waals surface area contributed by atoms with E-state index in [4.69, 9.17) is 75.8 Å². The van der Waals surface area contributed by atoms with Gasteiger partial charge >= 0.3 is 11.9 Å². The normalized spacial score (nSPS) is 10.8. The van der Waals surface area contributed by atoms with Crippen LogP contribution in [0.1, 0.15) is 57.5 Å². The first kappa shape index (κ1) is 65.7. The van der Waals surface area contributed by atoms with Gasteiger partial charge in [-0.25, -0.2) is 4.68 Å². The van der Waals surface area contributed by atoms with E-state index in [1.165, 1.54) is 14.2 Å². The third-order valence-electron chi connectivity index (χ3n) is 13.9. The van der Waals surface area contributed by atoms with Crippen LogP contribution in [0.4, 0.5) is 0 Å². The molecule has 0 bridgehead atoms. The molecule has 8 rings (SSSR count). The molecule has 0 aliphatic carbocycles. The third kappa shape index (κ3) is 20.2. The van der Waals surface area contributed by atoms with Crippen LogP contribution in [0.15, 0.2) is 134 Å². The molecule has 1 heterocycles. The van der Waals surface area contributed by atoms with Crippen molar-refractivity contribution in [3.63, 3.8) is 0 Å². The minimum Gasteiger partial charge on any atom is -0.497 e. The largest absolute Gasteiger partial charge is 0.497 e. The molecule has 1 aromatic heterocycles. The second-order valence-electron chi connectivity index (χ2n) is 20.4. The number of rotatable bonds is 36. The number of benzene rings is 7. The third-order valence-corrected chi connectivity index (χ3v) is 13.9. The molecule has 8 aromatic rings. The van der Waals surface area contributed by atoms with E-state index in [1.54, 1.807) is 85.8 Å². The molecule has 7 aromatic carbocycles. The van der Waals surface area contributed by atoms with Gasteiger partial charge in [-0.05, 0) is 124 Å². The zero-order valence-electron chi connectivity index (χ0n) is 52.3. The number of carbonyl (C=O) groups is 2. The SMILES string of the molecule is COC(=O)CCN(CCC(=O)OC)Cc1cn(Cc2cc(OCc3cc(OCc4cc(OC)cc(OC)c4)cc(OCc4cc(OC)cc(OC)c4)c3)cc(OCc3cc(OCc4cc(OC)cc(OC)c4)cc(OCc4cc(OC)cc(OC)c4)c3)c2)nn1. The number of carbonyl (C=O) groups excluding carboxylic acids is 2.